The summed E-state index contributed by atoms with van der Waals surface area (Å²) in [5.41, 5.74) is 0. The van der Waals surface area contributed by atoms with E-state index in [1.54, 1.807) is 6.92 Å². The van der Waals surface area contributed by atoms with Crippen molar-refractivity contribution in [1.82, 2.24) is 10.6 Å². The molecular formula is C17H30N2O3. The zero-order valence-corrected chi connectivity index (χ0v) is 13.6. The highest BCUT2D eigenvalue weighted by Crippen LogP contribution is 2.33. The van der Waals surface area contributed by atoms with Gasteiger partial charge in [-0.05, 0) is 50.9 Å². The number of amides is 2. The zero-order chi connectivity index (χ0) is 15.9. The summed E-state index contributed by atoms with van der Waals surface area (Å²) in [4.78, 5) is 24.2. The number of hydrogen-bond donors (Lipinski definition) is 3. The van der Waals surface area contributed by atoms with E-state index in [1.807, 2.05) is 0 Å². The minimum Gasteiger partial charge on any atom is -0.396 e. The van der Waals surface area contributed by atoms with Crippen LogP contribution in [0.1, 0.15) is 64.7 Å². The average molecular weight is 310 g/mol. The van der Waals surface area contributed by atoms with Crippen molar-refractivity contribution >= 4 is 11.8 Å². The molecule has 2 aliphatic carbocycles. The van der Waals surface area contributed by atoms with Gasteiger partial charge in [-0.15, -0.1) is 0 Å². The monoisotopic (exact) mass is 310 g/mol. The van der Waals surface area contributed by atoms with Gasteiger partial charge in [-0.25, -0.2) is 0 Å². The maximum atomic E-state index is 12.2. The van der Waals surface area contributed by atoms with Crippen LogP contribution in [0, 0.1) is 11.8 Å². The first-order valence-electron chi connectivity index (χ1n) is 8.80. The summed E-state index contributed by atoms with van der Waals surface area (Å²) in [5.74, 6) is 0.834. The third-order valence-corrected chi connectivity index (χ3v) is 4.93. The fourth-order valence-electron chi connectivity index (χ4n) is 3.39. The van der Waals surface area contributed by atoms with Crippen LogP contribution in [-0.2, 0) is 9.59 Å². The SMILES string of the molecule is CC(NC(=O)CC1CCCCC1)C(=O)NC(CCO)C1CC1. The first kappa shape index (κ1) is 17.3. The van der Waals surface area contributed by atoms with Gasteiger partial charge in [0.25, 0.3) is 0 Å². The lowest BCUT2D eigenvalue weighted by molar-refractivity contribution is -0.129. The van der Waals surface area contributed by atoms with Crippen molar-refractivity contribution in [1.29, 1.82) is 0 Å². The van der Waals surface area contributed by atoms with Crippen molar-refractivity contribution in [2.45, 2.75) is 76.8 Å². The average Bonchev–Trinajstić information content (AvgIpc) is 3.32. The number of aliphatic hydroxyl groups is 1. The molecule has 3 N–H and O–H groups in total. The molecule has 0 aromatic heterocycles. The molecule has 22 heavy (non-hydrogen) atoms. The van der Waals surface area contributed by atoms with Gasteiger partial charge in [0.1, 0.15) is 6.04 Å². The van der Waals surface area contributed by atoms with Gasteiger partial charge in [-0.3, -0.25) is 9.59 Å². The van der Waals surface area contributed by atoms with Crippen molar-refractivity contribution < 1.29 is 14.7 Å². The Balaban J connectivity index is 1.71. The van der Waals surface area contributed by atoms with E-state index in [2.05, 4.69) is 10.6 Å². The van der Waals surface area contributed by atoms with Crippen LogP contribution in [-0.4, -0.2) is 35.6 Å². The first-order chi connectivity index (χ1) is 10.6. The molecule has 126 valence electrons. The Labute approximate surface area is 133 Å². The Bertz CT molecular complexity index is 376. The summed E-state index contributed by atoms with van der Waals surface area (Å²) >= 11 is 0. The molecule has 2 unspecified atom stereocenters. The van der Waals surface area contributed by atoms with Gasteiger partial charge in [-0.2, -0.15) is 0 Å². The molecule has 0 saturated heterocycles. The predicted molar refractivity (Wildman–Crippen MR) is 85.2 cm³/mol. The lowest BCUT2D eigenvalue weighted by Crippen LogP contribution is -2.49. The fraction of sp³-hybridized carbons (Fsp3) is 0.882. The highest BCUT2D eigenvalue weighted by molar-refractivity contribution is 5.87. The number of nitrogens with one attached hydrogen (secondary N) is 2. The van der Waals surface area contributed by atoms with Gasteiger partial charge in [0.2, 0.25) is 11.8 Å². The predicted octanol–water partition coefficient (Wildman–Crippen LogP) is 1.74. The number of hydrogen-bond acceptors (Lipinski definition) is 3. The van der Waals surface area contributed by atoms with E-state index in [1.165, 1.54) is 19.3 Å². The lowest BCUT2D eigenvalue weighted by Gasteiger charge is -2.23. The topological polar surface area (TPSA) is 78.4 Å². The minimum absolute atomic E-state index is 0.0142. The van der Waals surface area contributed by atoms with Crippen LogP contribution in [0.25, 0.3) is 0 Å². The molecule has 2 rings (SSSR count). The quantitative estimate of drug-likeness (QED) is 0.639. The molecular weight excluding hydrogens is 280 g/mol. The maximum absolute atomic E-state index is 12.2. The van der Waals surface area contributed by atoms with E-state index < -0.39 is 6.04 Å². The zero-order valence-electron chi connectivity index (χ0n) is 13.6. The van der Waals surface area contributed by atoms with Crippen LogP contribution in [0.15, 0.2) is 0 Å². The van der Waals surface area contributed by atoms with Gasteiger partial charge >= 0.3 is 0 Å². The largest absolute Gasteiger partial charge is 0.396 e. The maximum Gasteiger partial charge on any atom is 0.242 e. The van der Waals surface area contributed by atoms with Gasteiger partial charge in [0.05, 0.1) is 0 Å². The van der Waals surface area contributed by atoms with E-state index in [4.69, 9.17) is 5.11 Å². The Morgan fingerprint density at radius 3 is 2.36 bits per heavy atom. The Morgan fingerprint density at radius 1 is 1.09 bits per heavy atom. The second kappa shape index (κ2) is 8.51. The van der Waals surface area contributed by atoms with Gasteiger partial charge in [-0.1, -0.05) is 19.3 Å². The summed E-state index contributed by atoms with van der Waals surface area (Å²) in [6.45, 7) is 1.82. The molecule has 5 heteroatoms. The lowest BCUT2D eigenvalue weighted by atomic mass is 9.87. The van der Waals surface area contributed by atoms with Gasteiger partial charge in [0.15, 0.2) is 0 Å². The molecule has 0 aromatic carbocycles. The molecule has 2 saturated carbocycles. The van der Waals surface area contributed by atoms with Crippen LogP contribution in [0.5, 0.6) is 0 Å². The molecule has 2 fully saturated rings. The normalized spacial score (nSPS) is 21.9. The summed E-state index contributed by atoms with van der Waals surface area (Å²) in [5, 5.41) is 14.9. The van der Waals surface area contributed by atoms with Crippen molar-refractivity contribution in [3.8, 4) is 0 Å². The van der Waals surface area contributed by atoms with Crippen LogP contribution < -0.4 is 10.6 Å². The summed E-state index contributed by atoms with van der Waals surface area (Å²) in [6.07, 6.45) is 9.36. The molecule has 0 bridgehead atoms. The third kappa shape index (κ3) is 5.59. The van der Waals surface area contributed by atoms with E-state index in [0.29, 0.717) is 24.7 Å². The third-order valence-electron chi connectivity index (χ3n) is 4.93. The van der Waals surface area contributed by atoms with Gasteiger partial charge in [0, 0.05) is 19.1 Å². The Hall–Kier alpha value is -1.10. The number of rotatable bonds is 8. The molecule has 0 heterocycles. The Morgan fingerprint density at radius 2 is 1.77 bits per heavy atom. The van der Waals surface area contributed by atoms with Crippen molar-refractivity contribution in [2.75, 3.05) is 6.61 Å². The minimum atomic E-state index is -0.504. The fourth-order valence-corrected chi connectivity index (χ4v) is 3.39. The molecule has 0 radical (unpaired) electrons. The van der Waals surface area contributed by atoms with Crippen molar-refractivity contribution in [3.05, 3.63) is 0 Å². The molecule has 0 aliphatic heterocycles. The summed E-state index contributed by atoms with van der Waals surface area (Å²) in [7, 11) is 0. The van der Waals surface area contributed by atoms with Crippen LogP contribution in [0.4, 0.5) is 0 Å². The summed E-state index contributed by atoms with van der Waals surface area (Å²) in [6, 6.07) is -0.453. The highest BCUT2D eigenvalue weighted by Gasteiger charge is 2.32. The van der Waals surface area contributed by atoms with E-state index in [9.17, 15) is 9.59 Å². The standard InChI is InChI=1S/C17H30N2O3/c1-12(17(22)19-15(9-10-20)14-7-8-14)18-16(21)11-13-5-3-2-4-6-13/h12-15,20H,2-11H2,1H3,(H,18,21)(H,19,22). The number of carbonyl (C=O) groups is 2. The van der Waals surface area contributed by atoms with Crippen molar-refractivity contribution in [3.63, 3.8) is 0 Å². The summed E-state index contributed by atoms with van der Waals surface area (Å²) < 4.78 is 0. The second-order valence-electron chi connectivity index (χ2n) is 6.96. The molecule has 0 spiro atoms. The van der Waals surface area contributed by atoms with E-state index in [-0.39, 0.29) is 24.5 Å². The first-order valence-corrected chi connectivity index (χ1v) is 8.80. The molecule has 2 amide bonds. The molecule has 2 atom stereocenters. The molecule has 0 aromatic rings. The van der Waals surface area contributed by atoms with Crippen LogP contribution >= 0.6 is 0 Å². The van der Waals surface area contributed by atoms with Crippen LogP contribution in [0.2, 0.25) is 0 Å². The van der Waals surface area contributed by atoms with Crippen LogP contribution in [0.3, 0.4) is 0 Å². The van der Waals surface area contributed by atoms with E-state index in [0.717, 1.165) is 25.7 Å². The highest BCUT2D eigenvalue weighted by atomic mass is 16.3. The second-order valence-corrected chi connectivity index (χ2v) is 6.96. The number of aliphatic hydroxyl groups excluding tert-OH is 1. The van der Waals surface area contributed by atoms with E-state index >= 15 is 0 Å². The van der Waals surface area contributed by atoms with Gasteiger partial charge < -0.3 is 15.7 Å². The van der Waals surface area contributed by atoms with Crippen molar-refractivity contribution in [2.24, 2.45) is 11.8 Å². The smallest absolute Gasteiger partial charge is 0.242 e. The molecule has 2 aliphatic rings. The Kier molecular flexibility index (Phi) is 6.68. The number of carbonyl (C=O) groups excluding carboxylic acids is 2. The molecule has 5 nitrogen and oxygen atoms in total.